The molecule has 2 heterocycles. The van der Waals surface area contributed by atoms with Crippen LogP contribution in [0.3, 0.4) is 0 Å². The highest BCUT2D eigenvalue weighted by Gasteiger charge is 2.19. The van der Waals surface area contributed by atoms with Crippen molar-refractivity contribution >= 4 is 5.91 Å². The molecule has 20 heavy (non-hydrogen) atoms. The summed E-state index contributed by atoms with van der Waals surface area (Å²) in [6.07, 6.45) is 0.433. The lowest BCUT2D eigenvalue weighted by molar-refractivity contribution is -0.131. The quantitative estimate of drug-likeness (QED) is 0.865. The topological polar surface area (TPSA) is 50.8 Å². The van der Waals surface area contributed by atoms with E-state index in [-0.39, 0.29) is 5.91 Å². The molecule has 0 saturated carbocycles. The molecule has 108 valence electrons. The lowest BCUT2D eigenvalue weighted by Crippen LogP contribution is -2.47. The molecule has 0 radical (unpaired) electrons. The van der Waals surface area contributed by atoms with Gasteiger partial charge in [0.25, 0.3) is 0 Å². The molecule has 1 fully saturated rings. The van der Waals surface area contributed by atoms with Gasteiger partial charge in [0.15, 0.2) is 11.5 Å². The van der Waals surface area contributed by atoms with Gasteiger partial charge in [-0.05, 0) is 30.2 Å². The smallest absolute Gasteiger partial charge is 0.227 e. The van der Waals surface area contributed by atoms with Crippen molar-refractivity contribution in [1.82, 2.24) is 10.2 Å². The summed E-state index contributed by atoms with van der Waals surface area (Å²) < 4.78 is 11.1. The molecule has 0 bridgehead atoms. The van der Waals surface area contributed by atoms with Crippen LogP contribution >= 0.6 is 0 Å². The number of piperazine rings is 1. The number of carbonyl (C=O) groups is 1. The van der Waals surface area contributed by atoms with Crippen molar-refractivity contribution in [1.29, 1.82) is 0 Å². The Morgan fingerprint density at radius 1 is 1.20 bits per heavy atom. The molecule has 1 amide bonds. The van der Waals surface area contributed by atoms with Crippen molar-refractivity contribution in [3.8, 4) is 11.5 Å². The van der Waals surface area contributed by atoms with Crippen molar-refractivity contribution in [2.45, 2.75) is 13.3 Å². The second-order valence-corrected chi connectivity index (χ2v) is 5.23. The molecule has 1 N–H and O–H groups in total. The van der Waals surface area contributed by atoms with E-state index in [2.05, 4.69) is 5.32 Å². The van der Waals surface area contributed by atoms with Crippen LogP contribution in [0, 0.1) is 6.92 Å². The third-order valence-electron chi connectivity index (χ3n) is 3.81. The summed E-state index contributed by atoms with van der Waals surface area (Å²) in [5.74, 6) is 1.73. The Kier molecular flexibility index (Phi) is 3.78. The normalized spacial score (nSPS) is 17.9. The minimum atomic E-state index is 0.186. The molecule has 0 aromatic heterocycles. The first-order valence-corrected chi connectivity index (χ1v) is 7.11. The predicted octanol–water partition coefficient (Wildman–Crippen LogP) is 0.741. The van der Waals surface area contributed by atoms with Gasteiger partial charge in [0.2, 0.25) is 5.91 Å². The first-order valence-electron chi connectivity index (χ1n) is 7.11. The minimum absolute atomic E-state index is 0.186. The van der Waals surface area contributed by atoms with E-state index in [1.807, 2.05) is 24.0 Å². The average molecular weight is 276 g/mol. The Morgan fingerprint density at radius 2 is 1.85 bits per heavy atom. The molecule has 2 aliphatic heterocycles. The second-order valence-electron chi connectivity index (χ2n) is 5.23. The fraction of sp³-hybridized carbons (Fsp3) is 0.533. The van der Waals surface area contributed by atoms with Gasteiger partial charge in [-0.3, -0.25) is 4.79 Å². The first kappa shape index (κ1) is 13.2. The summed E-state index contributed by atoms with van der Waals surface area (Å²) in [6, 6.07) is 3.92. The molecule has 3 rings (SSSR count). The molecule has 1 aromatic rings. The van der Waals surface area contributed by atoms with Crippen molar-refractivity contribution in [2.75, 3.05) is 39.4 Å². The van der Waals surface area contributed by atoms with E-state index >= 15 is 0 Å². The number of nitrogens with zero attached hydrogens (tertiary/aromatic N) is 1. The Bertz CT molecular complexity index is 510. The van der Waals surface area contributed by atoms with E-state index in [4.69, 9.17) is 9.47 Å². The lowest BCUT2D eigenvalue weighted by Gasteiger charge is -2.28. The third-order valence-corrected chi connectivity index (χ3v) is 3.81. The van der Waals surface area contributed by atoms with Gasteiger partial charge in [-0.2, -0.15) is 0 Å². The molecule has 0 atom stereocenters. The van der Waals surface area contributed by atoms with E-state index in [1.165, 1.54) is 0 Å². The molecule has 0 spiro atoms. The number of fused-ring (bicyclic) bond motifs is 1. The van der Waals surface area contributed by atoms with E-state index in [9.17, 15) is 4.79 Å². The maximum Gasteiger partial charge on any atom is 0.227 e. The van der Waals surface area contributed by atoms with Crippen molar-refractivity contribution in [3.05, 3.63) is 23.3 Å². The summed E-state index contributed by atoms with van der Waals surface area (Å²) in [5, 5.41) is 3.26. The molecule has 5 nitrogen and oxygen atoms in total. The highest BCUT2D eigenvalue weighted by atomic mass is 16.6. The summed E-state index contributed by atoms with van der Waals surface area (Å²) in [7, 11) is 0. The van der Waals surface area contributed by atoms with Gasteiger partial charge >= 0.3 is 0 Å². The van der Waals surface area contributed by atoms with Crippen LogP contribution in [-0.2, 0) is 11.2 Å². The minimum Gasteiger partial charge on any atom is -0.486 e. The summed E-state index contributed by atoms with van der Waals surface area (Å²) in [5.41, 5.74) is 2.11. The Balaban J connectivity index is 1.74. The summed E-state index contributed by atoms with van der Waals surface area (Å²) >= 11 is 0. The van der Waals surface area contributed by atoms with E-state index < -0.39 is 0 Å². The van der Waals surface area contributed by atoms with Crippen molar-refractivity contribution in [3.63, 3.8) is 0 Å². The monoisotopic (exact) mass is 276 g/mol. The summed E-state index contributed by atoms with van der Waals surface area (Å²) in [4.78, 5) is 14.2. The van der Waals surface area contributed by atoms with Crippen LogP contribution in [0.25, 0.3) is 0 Å². The maximum atomic E-state index is 12.3. The van der Waals surface area contributed by atoms with Gasteiger partial charge in [0.05, 0.1) is 6.42 Å². The zero-order valence-electron chi connectivity index (χ0n) is 11.8. The fourth-order valence-electron chi connectivity index (χ4n) is 2.61. The number of hydrogen-bond acceptors (Lipinski definition) is 4. The van der Waals surface area contributed by atoms with E-state index in [1.54, 1.807) is 0 Å². The molecule has 0 aliphatic carbocycles. The summed E-state index contributed by atoms with van der Waals surface area (Å²) in [6.45, 7) is 6.52. The van der Waals surface area contributed by atoms with Crippen molar-refractivity contribution in [2.24, 2.45) is 0 Å². The zero-order valence-corrected chi connectivity index (χ0v) is 11.8. The zero-order chi connectivity index (χ0) is 13.9. The van der Waals surface area contributed by atoms with E-state index in [0.717, 1.165) is 48.8 Å². The number of amides is 1. The van der Waals surface area contributed by atoms with Gasteiger partial charge in [0.1, 0.15) is 13.2 Å². The van der Waals surface area contributed by atoms with Crippen LogP contribution in [0.15, 0.2) is 12.1 Å². The fourth-order valence-corrected chi connectivity index (χ4v) is 2.61. The standard InChI is InChI=1S/C15H20N2O3/c1-11-8-13-14(20-7-6-19-13)9-12(11)10-15(18)17-4-2-16-3-5-17/h8-9,16H,2-7,10H2,1H3. The molecule has 1 aromatic carbocycles. The number of ether oxygens (including phenoxy) is 2. The number of nitrogens with one attached hydrogen (secondary N) is 1. The van der Waals surface area contributed by atoms with Gasteiger partial charge in [-0.15, -0.1) is 0 Å². The van der Waals surface area contributed by atoms with Crippen LogP contribution in [-0.4, -0.2) is 50.2 Å². The largest absolute Gasteiger partial charge is 0.486 e. The molecule has 1 saturated heterocycles. The number of carbonyl (C=O) groups excluding carboxylic acids is 1. The van der Waals surface area contributed by atoms with Gasteiger partial charge < -0.3 is 19.7 Å². The molecule has 5 heteroatoms. The van der Waals surface area contributed by atoms with Gasteiger partial charge in [0, 0.05) is 26.2 Å². The maximum absolute atomic E-state index is 12.3. The highest BCUT2D eigenvalue weighted by Crippen LogP contribution is 2.33. The first-order chi connectivity index (χ1) is 9.74. The molecule has 0 unspecified atom stereocenters. The molecular weight excluding hydrogens is 256 g/mol. The predicted molar refractivity (Wildman–Crippen MR) is 75.3 cm³/mol. The number of hydrogen-bond donors (Lipinski definition) is 1. The molecule has 2 aliphatic rings. The Hall–Kier alpha value is -1.75. The molecular formula is C15H20N2O3. The van der Waals surface area contributed by atoms with Crippen molar-refractivity contribution < 1.29 is 14.3 Å². The van der Waals surface area contributed by atoms with Crippen LogP contribution in [0.4, 0.5) is 0 Å². The Morgan fingerprint density at radius 3 is 2.55 bits per heavy atom. The van der Waals surface area contributed by atoms with Crippen LogP contribution in [0.2, 0.25) is 0 Å². The van der Waals surface area contributed by atoms with Crippen LogP contribution in [0.5, 0.6) is 11.5 Å². The van der Waals surface area contributed by atoms with Crippen LogP contribution < -0.4 is 14.8 Å². The number of aryl methyl sites for hydroxylation is 1. The van der Waals surface area contributed by atoms with Gasteiger partial charge in [-0.25, -0.2) is 0 Å². The second kappa shape index (κ2) is 5.71. The van der Waals surface area contributed by atoms with Crippen LogP contribution in [0.1, 0.15) is 11.1 Å². The lowest BCUT2D eigenvalue weighted by atomic mass is 10.0. The average Bonchev–Trinajstić information content (AvgIpc) is 2.49. The SMILES string of the molecule is Cc1cc2c(cc1CC(=O)N1CCNCC1)OCCO2. The number of benzene rings is 1. The van der Waals surface area contributed by atoms with Gasteiger partial charge in [-0.1, -0.05) is 0 Å². The van der Waals surface area contributed by atoms with E-state index in [0.29, 0.717) is 19.6 Å². The Labute approximate surface area is 118 Å². The number of rotatable bonds is 2. The highest BCUT2D eigenvalue weighted by molar-refractivity contribution is 5.79. The third kappa shape index (κ3) is 2.72.